The third-order valence-corrected chi connectivity index (χ3v) is 2.71. The van der Waals surface area contributed by atoms with Gasteiger partial charge in [0, 0.05) is 5.02 Å². The van der Waals surface area contributed by atoms with E-state index in [0.29, 0.717) is 15.7 Å². The van der Waals surface area contributed by atoms with E-state index in [2.05, 4.69) is 10.2 Å². The fourth-order valence-electron chi connectivity index (χ4n) is 1.17. The number of carboxylic acid groups (broad SMARTS) is 1. The minimum atomic E-state index is -1.26. The Bertz CT molecular complexity index is 597. The zero-order valence-electron chi connectivity index (χ0n) is 8.06. The van der Waals surface area contributed by atoms with Crippen molar-refractivity contribution in [2.75, 3.05) is 0 Å². The van der Waals surface area contributed by atoms with Crippen LogP contribution in [0.25, 0.3) is 5.69 Å². The predicted octanol–water partition coefficient (Wildman–Crippen LogP) is 2.93. The van der Waals surface area contributed by atoms with Crippen LogP contribution < -0.4 is 0 Å². The molecule has 88 valence electrons. The van der Waals surface area contributed by atoms with Crippen LogP contribution >= 0.6 is 34.8 Å². The molecule has 0 aliphatic heterocycles. The van der Waals surface area contributed by atoms with Gasteiger partial charge < -0.3 is 5.11 Å². The van der Waals surface area contributed by atoms with Crippen molar-refractivity contribution in [3.05, 3.63) is 39.1 Å². The number of carboxylic acids is 1. The zero-order valence-corrected chi connectivity index (χ0v) is 10.3. The molecule has 0 saturated heterocycles. The molecule has 0 bridgehead atoms. The Morgan fingerprint density at radius 3 is 2.53 bits per heavy atom. The van der Waals surface area contributed by atoms with Gasteiger partial charge in [-0.1, -0.05) is 34.8 Å². The summed E-state index contributed by atoms with van der Waals surface area (Å²) >= 11 is 17.4. The molecule has 0 aliphatic rings. The van der Waals surface area contributed by atoms with Gasteiger partial charge in [-0.25, -0.2) is 4.79 Å². The summed E-state index contributed by atoms with van der Waals surface area (Å²) in [6.45, 7) is 0. The molecule has 0 fully saturated rings. The minimum Gasteiger partial charge on any atom is -0.476 e. The molecule has 5 nitrogen and oxygen atoms in total. The van der Waals surface area contributed by atoms with Crippen molar-refractivity contribution in [1.29, 1.82) is 0 Å². The van der Waals surface area contributed by atoms with E-state index in [-0.39, 0.29) is 10.8 Å². The summed E-state index contributed by atoms with van der Waals surface area (Å²) in [7, 11) is 0. The van der Waals surface area contributed by atoms with E-state index in [1.165, 1.54) is 6.07 Å². The second-order valence-electron chi connectivity index (χ2n) is 3.03. The molecule has 0 atom stereocenters. The summed E-state index contributed by atoms with van der Waals surface area (Å²) in [4.78, 5) is 11.8. The van der Waals surface area contributed by atoms with Crippen molar-refractivity contribution < 1.29 is 9.90 Å². The van der Waals surface area contributed by atoms with Gasteiger partial charge in [-0.2, -0.15) is 0 Å². The Labute approximate surface area is 111 Å². The highest BCUT2D eigenvalue weighted by molar-refractivity contribution is 6.34. The average molecular weight is 293 g/mol. The van der Waals surface area contributed by atoms with E-state index in [0.717, 1.165) is 4.80 Å². The smallest absolute Gasteiger partial charge is 0.359 e. The van der Waals surface area contributed by atoms with E-state index in [1.54, 1.807) is 12.1 Å². The SMILES string of the molecule is O=C(O)c1nn(-c2cc(Cl)ccc2Cl)nc1Cl. The average Bonchev–Trinajstić information content (AvgIpc) is 2.64. The van der Waals surface area contributed by atoms with Crippen LogP contribution in [0, 0.1) is 0 Å². The molecule has 0 unspecified atom stereocenters. The molecular formula is C9H4Cl3N3O2. The Kier molecular flexibility index (Phi) is 3.24. The van der Waals surface area contributed by atoms with Crippen molar-refractivity contribution in [2.24, 2.45) is 0 Å². The van der Waals surface area contributed by atoms with E-state index >= 15 is 0 Å². The van der Waals surface area contributed by atoms with Crippen LogP contribution in [0.2, 0.25) is 15.2 Å². The monoisotopic (exact) mass is 291 g/mol. The maximum Gasteiger partial charge on any atom is 0.359 e. The van der Waals surface area contributed by atoms with Crippen LogP contribution in [-0.2, 0) is 0 Å². The summed E-state index contributed by atoms with van der Waals surface area (Å²) in [6, 6.07) is 4.65. The lowest BCUT2D eigenvalue weighted by molar-refractivity contribution is 0.0690. The van der Waals surface area contributed by atoms with E-state index in [1.807, 2.05) is 0 Å². The standard InChI is InChI=1S/C9H4Cl3N3O2/c10-4-1-2-5(11)6(3-4)15-13-7(9(16)17)8(12)14-15/h1-3H,(H,16,17). The van der Waals surface area contributed by atoms with Crippen LogP contribution in [0.5, 0.6) is 0 Å². The second kappa shape index (κ2) is 4.52. The maximum atomic E-state index is 10.8. The third kappa shape index (κ3) is 2.36. The van der Waals surface area contributed by atoms with Gasteiger partial charge in [0.25, 0.3) is 0 Å². The molecule has 0 spiro atoms. The molecule has 1 N–H and O–H groups in total. The molecular weight excluding hydrogens is 288 g/mol. The molecule has 0 aliphatic carbocycles. The lowest BCUT2D eigenvalue weighted by atomic mass is 10.3. The van der Waals surface area contributed by atoms with Gasteiger partial charge in [0.2, 0.25) is 5.69 Å². The molecule has 2 aromatic rings. The van der Waals surface area contributed by atoms with Crippen molar-refractivity contribution >= 4 is 40.8 Å². The highest BCUT2D eigenvalue weighted by atomic mass is 35.5. The molecule has 0 amide bonds. The Hall–Kier alpha value is -1.30. The molecule has 8 heteroatoms. The summed E-state index contributed by atoms with van der Waals surface area (Å²) in [6.07, 6.45) is 0. The predicted molar refractivity (Wildman–Crippen MR) is 63.3 cm³/mol. The molecule has 0 saturated carbocycles. The van der Waals surface area contributed by atoms with Crippen LogP contribution in [-0.4, -0.2) is 26.1 Å². The summed E-state index contributed by atoms with van der Waals surface area (Å²) in [5.74, 6) is -1.26. The fourth-order valence-corrected chi connectivity index (χ4v) is 1.72. The van der Waals surface area contributed by atoms with Crippen LogP contribution in [0.3, 0.4) is 0 Å². The largest absolute Gasteiger partial charge is 0.476 e. The van der Waals surface area contributed by atoms with Gasteiger partial charge >= 0.3 is 5.97 Å². The molecule has 2 rings (SSSR count). The molecule has 17 heavy (non-hydrogen) atoms. The van der Waals surface area contributed by atoms with E-state index in [4.69, 9.17) is 39.9 Å². The van der Waals surface area contributed by atoms with Gasteiger partial charge in [-0.05, 0) is 18.2 Å². The summed E-state index contributed by atoms with van der Waals surface area (Å²) in [5, 5.41) is 16.8. The molecule has 1 heterocycles. The first-order chi connectivity index (χ1) is 7.99. The van der Waals surface area contributed by atoms with Crippen molar-refractivity contribution in [2.45, 2.75) is 0 Å². The van der Waals surface area contributed by atoms with Gasteiger partial charge in [-0.15, -0.1) is 15.0 Å². The van der Waals surface area contributed by atoms with Gasteiger partial charge in [0.15, 0.2) is 5.15 Å². The highest BCUT2D eigenvalue weighted by Gasteiger charge is 2.17. The Balaban J connectivity index is 2.57. The van der Waals surface area contributed by atoms with Crippen LogP contribution in [0.4, 0.5) is 0 Å². The normalized spacial score (nSPS) is 10.5. The Morgan fingerprint density at radius 2 is 1.94 bits per heavy atom. The van der Waals surface area contributed by atoms with E-state index in [9.17, 15) is 4.79 Å². The van der Waals surface area contributed by atoms with Crippen LogP contribution in [0.15, 0.2) is 18.2 Å². The first-order valence-electron chi connectivity index (χ1n) is 4.30. The summed E-state index contributed by atoms with van der Waals surface area (Å²) in [5.41, 5.74) is 0.0104. The lowest BCUT2D eigenvalue weighted by Gasteiger charge is -2.02. The van der Waals surface area contributed by atoms with Gasteiger partial charge in [-0.3, -0.25) is 0 Å². The first-order valence-corrected chi connectivity index (χ1v) is 5.44. The lowest BCUT2D eigenvalue weighted by Crippen LogP contribution is -2.02. The van der Waals surface area contributed by atoms with Crippen LogP contribution in [0.1, 0.15) is 10.5 Å². The summed E-state index contributed by atoms with van der Waals surface area (Å²) < 4.78 is 0. The fraction of sp³-hybridized carbons (Fsp3) is 0. The van der Waals surface area contributed by atoms with Gasteiger partial charge in [0.05, 0.1) is 5.02 Å². The quantitative estimate of drug-likeness (QED) is 0.924. The number of aromatic carboxylic acids is 1. The van der Waals surface area contributed by atoms with Crippen molar-refractivity contribution in [3.63, 3.8) is 0 Å². The number of carbonyl (C=O) groups is 1. The Morgan fingerprint density at radius 1 is 1.24 bits per heavy atom. The number of aromatic nitrogens is 3. The van der Waals surface area contributed by atoms with Gasteiger partial charge in [0.1, 0.15) is 5.69 Å². The van der Waals surface area contributed by atoms with E-state index < -0.39 is 5.97 Å². The topological polar surface area (TPSA) is 68.0 Å². The minimum absolute atomic E-state index is 0.214. The maximum absolute atomic E-state index is 10.8. The number of hydrogen-bond donors (Lipinski definition) is 1. The number of halogens is 3. The first kappa shape index (κ1) is 12.2. The number of nitrogens with zero attached hydrogens (tertiary/aromatic N) is 3. The van der Waals surface area contributed by atoms with Crippen molar-refractivity contribution in [3.8, 4) is 5.69 Å². The highest BCUT2D eigenvalue weighted by Crippen LogP contribution is 2.24. The third-order valence-electron chi connectivity index (χ3n) is 1.90. The number of rotatable bonds is 2. The molecule has 0 radical (unpaired) electrons. The number of hydrogen-bond acceptors (Lipinski definition) is 3. The van der Waals surface area contributed by atoms with Crippen molar-refractivity contribution in [1.82, 2.24) is 15.0 Å². The molecule has 1 aromatic carbocycles. The zero-order chi connectivity index (χ0) is 12.6. The second-order valence-corrected chi connectivity index (χ2v) is 4.23. The number of benzene rings is 1. The molecule has 1 aromatic heterocycles.